The number of rotatable bonds is 8. The van der Waals surface area contributed by atoms with Crippen LogP contribution in [0.15, 0.2) is 67.0 Å². The fourth-order valence-corrected chi connectivity index (χ4v) is 6.93. The lowest BCUT2D eigenvalue weighted by Gasteiger charge is -2.20. The molecule has 6 aromatic rings. The van der Waals surface area contributed by atoms with Gasteiger partial charge in [0.05, 0.1) is 34.1 Å². The van der Waals surface area contributed by atoms with Crippen LogP contribution < -0.4 is 11.1 Å². The van der Waals surface area contributed by atoms with Crippen molar-refractivity contribution in [1.82, 2.24) is 30.1 Å². The number of aromatic nitrogens is 6. The molecule has 0 bridgehead atoms. The SMILES string of the molecule is CS(=O)(=O)C(N)c1cc(F)cc(-c2cccc3[nH]c(-c4n[nH]c5ccc(-c6cncc(NC(=O)CC7CCCCC7)c6)nc45)nc23)c1. The molecule has 1 aliphatic rings. The molecular weight excluding hydrogens is 619 g/mol. The third-order valence-corrected chi connectivity index (χ3v) is 9.88. The normalized spacial score (nSPS) is 14.9. The molecule has 0 radical (unpaired) electrons. The van der Waals surface area contributed by atoms with E-state index < -0.39 is 21.0 Å². The van der Waals surface area contributed by atoms with Crippen molar-refractivity contribution in [2.75, 3.05) is 11.6 Å². The summed E-state index contributed by atoms with van der Waals surface area (Å²) in [5, 5.41) is 9.13. The third kappa shape index (κ3) is 6.36. The molecule has 1 atom stereocenters. The van der Waals surface area contributed by atoms with Gasteiger partial charge in [-0.3, -0.25) is 14.9 Å². The van der Waals surface area contributed by atoms with Gasteiger partial charge < -0.3 is 16.0 Å². The highest BCUT2D eigenvalue weighted by Gasteiger charge is 2.22. The molecule has 2 aromatic carbocycles. The van der Waals surface area contributed by atoms with Gasteiger partial charge in [-0.2, -0.15) is 5.10 Å². The van der Waals surface area contributed by atoms with Gasteiger partial charge in [0.1, 0.15) is 16.7 Å². The third-order valence-electron chi connectivity index (χ3n) is 8.68. The fraction of sp³-hybridized carbons (Fsp3) is 0.265. The summed E-state index contributed by atoms with van der Waals surface area (Å²) in [5.41, 5.74) is 12.0. The number of imidazole rings is 1. The molecule has 11 nitrogen and oxygen atoms in total. The smallest absolute Gasteiger partial charge is 0.224 e. The average molecular weight is 653 g/mol. The van der Waals surface area contributed by atoms with Crippen LogP contribution in [0.3, 0.4) is 0 Å². The van der Waals surface area contributed by atoms with E-state index in [1.807, 2.05) is 24.3 Å². The first-order chi connectivity index (χ1) is 22.6. The zero-order chi connectivity index (χ0) is 32.7. The van der Waals surface area contributed by atoms with Gasteiger partial charge in [0.25, 0.3) is 0 Å². The molecule has 4 aromatic heterocycles. The molecule has 1 saturated carbocycles. The van der Waals surface area contributed by atoms with Crippen molar-refractivity contribution in [2.45, 2.75) is 43.9 Å². The first-order valence-electron chi connectivity index (χ1n) is 15.5. The predicted molar refractivity (Wildman–Crippen MR) is 179 cm³/mol. The number of carbonyl (C=O) groups excluding carboxylic acids is 1. The van der Waals surface area contributed by atoms with Crippen LogP contribution in [0.25, 0.3) is 56.0 Å². The van der Waals surface area contributed by atoms with Crippen LogP contribution in [-0.4, -0.2) is 50.7 Å². The molecule has 1 amide bonds. The van der Waals surface area contributed by atoms with E-state index in [2.05, 4.69) is 25.5 Å². The lowest BCUT2D eigenvalue weighted by atomic mass is 9.87. The number of aromatic amines is 2. The number of fused-ring (bicyclic) bond motifs is 2. The zero-order valence-electron chi connectivity index (χ0n) is 25.6. The van der Waals surface area contributed by atoms with Gasteiger partial charge >= 0.3 is 0 Å². The predicted octanol–water partition coefficient (Wildman–Crippen LogP) is 6.28. The fourth-order valence-electron chi connectivity index (χ4n) is 6.30. The summed E-state index contributed by atoms with van der Waals surface area (Å²) in [6, 6.07) is 15.0. The number of nitrogens with two attached hydrogens (primary N) is 1. The number of halogens is 1. The first kappa shape index (κ1) is 30.6. The summed E-state index contributed by atoms with van der Waals surface area (Å²) in [4.78, 5) is 30.1. The highest BCUT2D eigenvalue weighted by atomic mass is 32.2. The Balaban J connectivity index is 1.20. The molecule has 47 heavy (non-hydrogen) atoms. The number of nitrogens with zero attached hydrogens (tertiary/aromatic N) is 4. The van der Waals surface area contributed by atoms with Crippen molar-refractivity contribution in [3.8, 4) is 33.9 Å². The number of carbonyl (C=O) groups is 1. The van der Waals surface area contributed by atoms with Gasteiger partial charge in [-0.15, -0.1) is 0 Å². The van der Waals surface area contributed by atoms with Crippen molar-refractivity contribution in [2.24, 2.45) is 11.7 Å². The maximum absolute atomic E-state index is 14.7. The molecule has 1 aliphatic carbocycles. The van der Waals surface area contributed by atoms with E-state index in [1.54, 1.807) is 30.6 Å². The molecule has 240 valence electrons. The maximum Gasteiger partial charge on any atom is 0.224 e. The molecular formula is C34H33FN8O3S. The van der Waals surface area contributed by atoms with Gasteiger partial charge in [0.2, 0.25) is 5.91 Å². The Morgan fingerprint density at radius 2 is 1.83 bits per heavy atom. The molecule has 0 aliphatic heterocycles. The molecule has 7 rings (SSSR count). The van der Waals surface area contributed by atoms with Crippen LogP contribution in [0.4, 0.5) is 10.1 Å². The standard InChI is InChI=1S/C34H33FN8O3S/c1-47(45,46)33(36)21-13-20(14-23(35)15-21)25-8-5-9-27-30(25)41-34(40-27)32-31-28(42-43-32)11-10-26(39-31)22-16-24(18-37-17-22)38-29(44)12-19-6-3-2-4-7-19/h5,8-11,13-19,33H,2-4,6-7,12,36H2,1H3,(H,38,44)(H,40,41)(H,42,43). The van der Waals surface area contributed by atoms with Crippen LogP contribution in [0.1, 0.15) is 49.5 Å². The van der Waals surface area contributed by atoms with E-state index >= 15 is 0 Å². The number of pyridine rings is 2. The monoisotopic (exact) mass is 652 g/mol. The summed E-state index contributed by atoms with van der Waals surface area (Å²) >= 11 is 0. The van der Waals surface area contributed by atoms with Gasteiger partial charge in [-0.05, 0) is 72.4 Å². The molecule has 5 N–H and O–H groups in total. The second-order valence-electron chi connectivity index (χ2n) is 12.2. The van der Waals surface area contributed by atoms with E-state index in [-0.39, 0.29) is 11.5 Å². The quantitative estimate of drug-likeness (QED) is 0.149. The van der Waals surface area contributed by atoms with E-state index in [0.29, 0.717) is 68.4 Å². The molecule has 0 saturated heterocycles. The first-order valence-corrected chi connectivity index (χ1v) is 17.4. The number of benzene rings is 2. The van der Waals surface area contributed by atoms with Gasteiger partial charge in [0, 0.05) is 30.0 Å². The Morgan fingerprint density at radius 1 is 1.00 bits per heavy atom. The molecule has 13 heteroatoms. The van der Waals surface area contributed by atoms with Crippen LogP contribution in [0.2, 0.25) is 0 Å². The molecule has 4 heterocycles. The van der Waals surface area contributed by atoms with Crippen LogP contribution >= 0.6 is 0 Å². The second kappa shape index (κ2) is 12.3. The lowest BCUT2D eigenvalue weighted by Crippen LogP contribution is -2.20. The highest BCUT2D eigenvalue weighted by Crippen LogP contribution is 2.34. The van der Waals surface area contributed by atoms with Crippen molar-refractivity contribution in [1.29, 1.82) is 0 Å². The maximum atomic E-state index is 14.7. The number of sulfone groups is 1. The number of anilines is 1. The largest absolute Gasteiger partial charge is 0.336 e. The number of nitrogens with one attached hydrogen (secondary N) is 3. The van der Waals surface area contributed by atoms with Gasteiger partial charge in [0.15, 0.2) is 21.4 Å². The number of H-pyrrole nitrogens is 2. The Hall–Kier alpha value is -5.01. The van der Waals surface area contributed by atoms with Crippen molar-refractivity contribution in [3.05, 3.63) is 78.4 Å². The molecule has 1 fully saturated rings. The van der Waals surface area contributed by atoms with E-state index in [9.17, 15) is 17.6 Å². The Morgan fingerprint density at radius 3 is 2.64 bits per heavy atom. The zero-order valence-corrected chi connectivity index (χ0v) is 26.4. The minimum Gasteiger partial charge on any atom is -0.336 e. The lowest BCUT2D eigenvalue weighted by molar-refractivity contribution is -0.117. The van der Waals surface area contributed by atoms with Crippen molar-refractivity contribution < 1.29 is 17.6 Å². The highest BCUT2D eigenvalue weighted by molar-refractivity contribution is 7.90. The van der Waals surface area contributed by atoms with Crippen LogP contribution in [0.5, 0.6) is 0 Å². The Labute approximate surface area is 270 Å². The Kier molecular flexibility index (Phi) is 8.02. The topological polar surface area (TPSA) is 172 Å². The van der Waals surface area contributed by atoms with Crippen LogP contribution in [-0.2, 0) is 14.6 Å². The van der Waals surface area contributed by atoms with E-state index in [1.165, 1.54) is 25.3 Å². The van der Waals surface area contributed by atoms with Crippen molar-refractivity contribution in [3.63, 3.8) is 0 Å². The molecule has 0 spiro atoms. The number of hydrogen-bond donors (Lipinski definition) is 4. The van der Waals surface area contributed by atoms with E-state index in [0.717, 1.165) is 30.7 Å². The summed E-state index contributed by atoms with van der Waals surface area (Å²) in [6.07, 6.45) is 10.7. The number of amides is 1. The number of hydrogen-bond acceptors (Lipinski definition) is 8. The summed E-state index contributed by atoms with van der Waals surface area (Å²) in [6.45, 7) is 0. The van der Waals surface area contributed by atoms with Gasteiger partial charge in [-0.1, -0.05) is 31.4 Å². The minimum atomic E-state index is -3.65. The molecule has 1 unspecified atom stereocenters. The minimum absolute atomic E-state index is 0.00616. The summed E-state index contributed by atoms with van der Waals surface area (Å²) in [7, 11) is -3.65. The second-order valence-corrected chi connectivity index (χ2v) is 14.4. The van der Waals surface area contributed by atoms with Gasteiger partial charge in [-0.25, -0.2) is 22.8 Å². The summed E-state index contributed by atoms with van der Waals surface area (Å²) in [5.74, 6) is 0.257. The van der Waals surface area contributed by atoms with Crippen molar-refractivity contribution >= 4 is 43.5 Å². The summed E-state index contributed by atoms with van der Waals surface area (Å²) < 4.78 is 38.9. The average Bonchev–Trinajstić information content (AvgIpc) is 3.68. The number of para-hydroxylation sites is 1. The Bertz CT molecular complexity index is 2240. The van der Waals surface area contributed by atoms with E-state index in [4.69, 9.17) is 15.7 Å². The van der Waals surface area contributed by atoms with Crippen LogP contribution in [0, 0.1) is 11.7 Å².